The van der Waals surface area contributed by atoms with E-state index in [0.29, 0.717) is 6.42 Å². The van der Waals surface area contributed by atoms with Crippen LogP contribution >= 0.6 is 0 Å². The highest BCUT2D eigenvalue weighted by atomic mass is 16.6. The minimum atomic E-state index is -1.28. The Balaban J connectivity index is 3.85. The first-order valence-electron chi connectivity index (χ1n) is 5.19. The van der Waals surface area contributed by atoms with Crippen LogP contribution < -0.4 is 5.73 Å². The summed E-state index contributed by atoms with van der Waals surface area (Å²) >= 11 is 0. The number of esters is 2. The lowest BCUT2D eigenvalue weighted by Crippen LogP contribution is -2.35. The second-order valence-corrected chi connectivity index (χ2v) is 3.45. The van der Waals surface area contributed by atoms with E-state index in [9.17, 15) is 14.4 Å². The van der Waals surface area contributed by atoms with Gasteiger partial charge in [0.1, 0.15) is 6.04 Å². The Morgan fingerprint density at radius 2 is 1.94 bits per heavy atom. The molecule has 0 aromatic carbocycles. The summed E-state index contributed by atoms with van der Waals surface area (Å²) < 4.78 is 4.39. The summed E-state index contributed by atoms with van der Waals surface area (Å²) in [5.74, 6) is -2.84. The van der Waals surface area contributed by atoms with Gasteiger partial charge in [0.05, 0.1) is 6.42 Å². The van der Waals surface area contributed by atoms with Gasteiger partial charge in [-0.1, -0.05) is 19.8 Å². The monoisotopic (exact) mass is 231 g/mol. The number of ether oxygens (including phenoxy) is 1. The molecule has 0 aliphatic carbocycles. The van der Waals surface area contributed by atoms with Gasteiger partial charge < -0.3 is 15.6 Å². The molecule has 0 saturated carbocycles. The molecule has 0 aliphatic heterocycles. The number of carboxylic acid groups (broad SMARTS) is 1. The second kappa shape index (κ2) is 7.81. The third-order valence-electron chi connectivity index (χ3n) is 1.90. The van der Waals surface area contributed by atoms with Gasteiger partial charge in [-0.15, -0.1) is 0 Å². The molecule has 1 unspecified atom stereocenters. The fourth-order valence-corrected chi connectivity index (χ4v) is 1.03. The average Bonchev–Trinajstić information content (AvgIpc) is 2.16. The van der Waals surface area contributed by atoms with E-state index in [-0.39, 0.29) is 6.42 Å². The summed E-state index contributed by atoms with van der Waals surface area (Å²) in [7, 11) is 0. The molecule has 16 heavy (non-hydrogen) atoms. The van der Waals surface area contributed by atoms with Crippen molar-refractivity contribution in [3.8, 4) is 0 Å². The van der Waals surface area contributed by atoms with Crippen LogP contribution in [-0.4, -0.2) is 29.1 Å². The van der Waals surface area contributed by atoms with Crippen LogP contribution in [0, 0.1) is 0 Å². The van der Waals surface area contributed by atoms with Crippen molar-refractivity contribution in [3.63, 3.8) is 0 Å². The van der Waals surface area contributed by atoms with Crippen LogP contribution in [0.5, 0.6) is 0 Å². The molecule has 6 heteroatoms. The highest BCUT2D eigenvalue weighted by molar-refractivity contribution is 5.90. The molecule has 3 N–H and O–H groups in total. The lowest BCUT2D eigenvalue weighted by atomic mass is 10.2. The molecule has 0 aliphatic rings. The molecule has 6 nitrogen and oxygen atoms in total. The van der Waals surface area contributed by atoms with Crippen LogP contribution in [0.2, 0.25) is 0 Å². The zero-order valence-electron chi connectivity index (χ0n) is 9.27. The number of carboxylic acids is 1. The van der Waals surface area contributed by atoms with Crippen LogP contribution in [-0.2, 0) is 19.1 Å². The summed E-state index contributed by atoms with van der Waals surface area (Å²) in [6, 6.07) is -1.28. The van der Waals surface area contributed by atoms with Crippen molar-refractivity contribution in [3.05, 3.63) is 0 Å². The molecule has 0 radical (unpaired) electrons. The van der Waals surface area contributed by atoms with Crippen molar-refractivity contribution in [1.82, 2.24) is 0 Å². The zero-order valence-corrected chi connectivity index (χ0v) is 9.27. The normalized spacial score (nSPS) is 11.9. The SMILES string of the molecule is CCCCCC(=O)OC(=O)C(N)CC(=O)O. The predicted molar refractivity (Wildman–Crippen MR) is 55.5 cm³/mol. The maximum atomic E-state index is 11.1. The van der Waals surface area contributed by atoms with Gasteiger partial charge in [0.2, 0.25) is 0 Å². The van der Waals surface area contributed by atoms with Gasteiger partial charge in [-0.2, -0.15) is 0 Å². The Morgan fingerprint density at radius 1 is 1.31 bits per heavy atom. The number of hydrogen-bond acceptors (Lipinski definition) is 5. The lowest BCUT2D eigenvalue weighted by molar-refractivity contribution is -0.162. The van der Waals surface area contributed by atoms with E-state index in [4.69, 9.17) is 10.8 Å². The number of aliphatic carboxylic acids is 1. The second-order valence-electron chi connectivity index (χ2n) is 3.45. The average molecular weight is 231 g/mol. The summed E-state index contributed by atoms with van der Waals surface area (Å²) in [5, 5.41) is 8.37. The molecule has 92 valence electrons. The smallest absolute Gasteiger partial charge is 0.331 e. The first kappa shape index (κ1) is 14.6. The van der Waals surface area contributed by atoms with Crippen molar-refractivity contribution < 1.29 is 24.2 Å². The Hall–Kier alpha value is -1.43. The van der Waals surface area contributed by atoms with Crippen LogP contribution in [0.1, 0.15) is 39.0 Å². The Kier molecular flexibility index (Phi) is 7.11. The number of hydrogen-bond donors (Lipinski definition) is 2. The summed E-state index contributed by atoms with van der Waals surface area (Å²) in [5.41, 5.74) is 5.21. The van der Waals surface area contributed by atoms with Gasteiger partial charge in [0.25, 0.3) is 0 Å². The standard InChI is InChI=1S/C10H17NO5/c1-2-3-4-5-9(14)16-10(15)7(11)6-8(12)13/h7H,2-6,11H2,1H3,(H,12,13). The summed E-state index contributed by atoms with van der Waals surface area (Å²) in [4.78, 5) is 32.4. The van der Waals surface area contributed by atoms with Gasteiger partial charge in [-0.25, -0.2) is 4.79 Å². The summed E-state index contributed by atoms with van der Waals surface area (Å²) in [6.45, 7) is 1.99. The molecule has 0 heterocycles. The zero-order chi connectivity index (χ0) is 12.6. The van der Waals surface area contributed by atoms with Crippen molar-refractivity contribution in [1.29, 1.82) is 0 Å². The Labute approximate surface area is 93.8 Å². The van der Waals surface area contributed by atoms with Gasteiger partial charge in [-0.3, -0.25) is 9.59 Å². The van der Waals surface area contributed by atoms with E-state index in [1.54, 1.807) is 0 Å². The fraction of sp³-hybridized carbons (Fsp3) is 0.700. The van der Waals surface area contributed by atoms with Crippen LogP contribution in [0.15, 0.2) is 0 Å². The molecular weight excluding hydrogens is 214 g/mol. The van der Waals surface area contributed by atoms with Gasteiger partial charge in [0, 0.05) is 6.42 Å². The molecule has 0 rings (SSSR count). The van der Waals surface area contributed by atoms with Crippen LogP contribution in [0.3, 0.4) is 0 Å². The van der Waals surface area contributed by atoms with Gasteiger partial charge >= 0.3 is 17.9 Å². The Bertz CT molecular complexity index is 264. The van der Waals surface area contributed by atoms with E-state index in [1.165, 1.54) is 0 Å². The van der Waals surface area contributed by atoms with Crippen molar-refractivity contribution in [2.24, 2.45) is 5.73 Å². The first-order valence-corrected chi connectivity index (χ1v) is 5.19. The quantitative estimate of drug-likeness (QED) is 0.374. The fourth-order valence-electron chi connectivity index (χ4n) is 1.03. The molecular formula is C10H17NO5. The molecule has 0 bridgehead atoms. The number of nitrogens with two attached hydrogens (primary N) is 1. The van der Waals surface area contributed by atoms with E-state index in [1.807, 2.05) is 6.92 Å². The molecule has 0 amide bonds. The first-order chi connectivity index (χ1) is 7.47. The van der Waals surface area contributed by atoms with E-state index in [0.717, 1.165) is 12.8 Å². The number of rotatable bonds is 7. The Morgan fingerprint density at radius 3 is 2.44 bits per heavy atom. The minimum absolute atomic E-state index is 0.152. The molecule has 1 atom stereocenters. The molecule has 0 fully saturated rings. The van der Waals surface area contributed by atoms with Gasteiger partial charge in [0.15, 0.2) is 0 Å². The number of carbonyl (C=O) groups excluding carboxylic acids is 2. The number of unbranched alkanes of at least 4 members (excludes halogenated alkanes) is 2. The highest BCUT2D eigenvalue weighted by Crippen LogP contribution is 2.02. The molecule has 0 spiro atoms. The predicted octanol–water partition coefficient (Wildman–Crippen LogP) is 0.438. The van der Waals surface area contributed by atoms with Crippen LogP contribution in [0.25, 0.3) is 0 Å². The molecule has 0 saturated heterocycles. The van der Waals surface area contributed by atoms with E-state index in [2.05, 4.69) is 4.74 Å². The van der Waals surface area contributed by atoms with Crippen molar-refractivity contribution in [2.75, 3.05) is 0 Å². The lowest BCUT2D eigenvalue weighted by Gasteiger charge is -2.07. The van der Waals surface area contributed by atoms with Gasteiger partial charge in [-0.05, 0) is 6.42 Å². The van der Waals surface area contributed by atoms with Crippen molar-refractivity contribution in [2.45, 2.75) is 45.1 Å². The van der Waals surface area contributed by atoms with E-state index >= 15 is 0 Å². The maximum Gasteiger partial charge on any atom is 0.331 e. The van der Waals surface area contributed by atoms with Crippen molar-refractivity contribution >= 4 is 17.9 Å². The maximum absolute atomic E-state index is 11.1. The third-order valence-corrected chi connectivity index (χ3v) is 1.90. The minimum Gasteiger partial charge on any atom is -0.481 e. The highest BCUT2D eigenvalue weighted by Gasteiger charge is 2.21. The summed E-state index contributed by atoms with van der Waals surface area (Å²) in [6.07, 6.45) is 2.10. The number of carbonyl (C=O) groups is 3. The molecule has 0 aromatic heterocycles. The largest absolute Gasteiger partial charge is 0.481 e. The van der Waals surface area contributed by atoms with E-state index < -0.39 is 30.4 Å². The third kappa shape index (κ3) is 6.94. The molecule has 0 aromatic rings. The van der Waals surface area contributed by atoms with Crippen LogP contribution in [0.4, 0.5) is 0 Å². The topological polar surface area (TPSA) is 107 Å².